The van der Waals surface area contributed by atoms with Crippen LogP contribution in [-0.4, -0.2) is 4.98 Å². The molecule has 3 heteroatoms. The van der Waals surface area contributed by atoms with E-state index in [1.54, 1.807) is 11.3 Å². The monoisotopic (exact) mass is 238 g/mol. The molecule has 0 bridgehead atoms. The Morgan fingerprint density at radius 3 is 2.88 bits per heavy atom. The third-order valence-corrected chi connectivity index (χ3v) is 4.15. The van der Waals surface area contributed by atoms with Gasteiger partial charge in [-0.1, -0.05) is 30.3 Å². The van der Waals surface area contributed by atoms with Gasteiger partial charge in [0.05, 0.1) is 22.2 Å². The van der Waals surface area contributed by atoms with Crippen LogP contribution in [-0.2, 0) is 0 Å². The van der Waals surface area contributed by atoms with Gasteiger partial charge in [0.15, 0.2) is 0 Å². The molecule has 0 fully saturated rings. The second-order valence-corrected chi connectivity index (χ2v) is 5.07. The molecule has 2 aromatic carbocycles. The number of nitriles is 1. The molecule has 0 amide bonds. The van der Waals surface area contributed by atoms with E-state index < -0.39 is 0 Å². The van der Waals surface area contributed by atoms with Gasteiger partial charge in [-0.3, -0.25) is 0 Å². The standard InChI is InChI=1S/C14H10N2S/c1-9(8-15)14-16-12-7-6-10-4-2-3-5-11(10)13(12)17-14/h2-7,9H,1H3. The van der Waals surface area contributed by atoms with Crippen LogP contribution in [0.4, 0.5) is 0 Å². The average Bonchev–Trinajstić information content (AvgIpc) is 2.82. The fourth-order valence-electron chi connectivity index (χ4n) is 1.91. The normalized spacial score (nSPS) is 12.7. The van der Waals surface area contributed by atoms with Gasteiger partial charge in [-0.15, -0.1) is 11.3 Å². The van der Waals surface area contributed by atoms with Crippen molar-refractivity contribution >= 4 is 32.3 Å². The van der Waals surface area contributed by atoms with Gasteiger partial charge >= 0.3 is 0 Å². The van der Waals surface area contributed by atoms with E-state index in [-0.39, 0.29) is 5.92 Å². The summed E-state index contributed by atoms with van der Waals surface area (Å²) in [7, 11) is 0. The Kier molecular flexibility index (Phi) is 2.31. The Bertz CT molecular complexity index is 737. The quantitative estimate of drug-likeness (QED) is 0.640. The molecule has 3 rings (SSSR count). The van der Waals surface area contributed by atoms with Gasteiger partial charge in [0, 0.05) is 5.39 Å². The zero-order chi connectivity index (χ0) is 11.8. The summed E-state index contributed by atoms with van der Waals surface area (Å²) >= 11 is 1.63. The van der Waals surface area contributed by atoms with E-state index in [9.17, 15) is 0 Å². The van der Waals surface area contributed by atoms with Gasteiger partial charge in [-0.25, -0.2) is 4.98 Å². The van der Waals surface area contributed by atoms with E-state index in [4.69, 9.17) is 5.26 Å². The van der Waals surface area contributed by atoms with Crippen LogP contribution in [0.2, 0.25) is 0 Å². The fourth-order valence-corrected chi connectivity index (χ4v) is 3.01. The number of rotatable bonds is 1. The van der Waals surface area contributed by atoms with Crippen molar-refractivity contribution in [1.82, 2.24) is 4.98 Å². The summed E-state index contributed by atoms with van der Waals surface area (Å²) in [6.45, 7) is 1.89. The smallest absolute Gasteiger partial charge is 0.111 e. The minimum absolute atomic E-state index is 0.133. The fraction of sp³-hybridized carbons (Fsp3) is 0.143. The molecule has 1 heterocycles. The van der Waals surface area contributed by atoms with Crippen LogP contribution < -0.4 is 0 Å². The van der Waals surface area contributed by atoms with Crippen molar-refractivity contribution in [2.75, 3.05) is 0 Å². The van der Waals surface area contributed by atoms with E-state index in [1.165, 1.54) is 15.5 Å². The molecule has 1 unspecified atom stereocenters. The van der Waals surface area contributed by atoms with Crippen LogP contribution in [0.1, 0.15) is 17.8 Å². The second kappa shape index (κ2) is 3.83. The molecule has 1 atom stereocenters. The minimum atomic E-state index is -0.133. The number of thiazole rings is 1. The van der Waals surface area contributed by atoms with E-state index in [2.05, 4.69) is 29.3 Å². The number of fused-ring (bicyclic) bond motifs is 3. The molecule has 0 aliphatic carbocycles. The Morgan fingerprint density at radius 1 is 1.24 bits per heavy atom. The maximum atomic E-state index is 8.94. The van der Waals surface area contributed by atoms with Crippen molar-refractivity contribution in [3.8, 4) is 6.07 Å². The lowest BCUT2D eigenvalue weighted by Crippen LogP contribution is -1.85. The lowest BCUT2D eigenvalue weighted by atomic mass is 10.1. The first-order valence-electron chi connectivity index (χ1n) is 5.47. The lowest BCUT2D eigenvalue weighted by Gasteiger charge is -1.96. The van der Waals surface area contributed by atoms with Gasteiger partial charge < -0.3 is 0 Å². The molecule has 2 nitrogen and oxygen atoms in total. The van der Waals surface area contributed by atoms with Crippen LogP contribution >= 0.6 is 11.3 Å². The summed E-state index contributed by atoms with van der Waals surface area (Å²) in [5.74, 6) is -0.133. The van der Waals surface area contributed by atoms with Gasteiger partial charge in [0.2, 0.25) is 0 Å². The summed E-state index contributed by atoms with van der Waals surface area (Å²) < 4.78 is 1.18. The van der Waals surface area contributed by atoms with Crippen LogP contribution in [0.5, 0.6) is 0 Å². The molecule has 0 N–H and O–H groups in total. The summed E-state index contributed by atoms with van der Waals surface area (Å²) in [5, 5.41) is 12.3. The van der Waals surface area contributed by atoms with Crippen LogP contribution in [0.25, 0.3) is 21.0 Å². The Morgan fingerprint density at radius 2 is 2.06 bits per heavy atom. The van der Waals surface area contributed by atoms with Crippen molar-refractivity contribution in [3.63, 3.8) is 0 Å². The zero-order valence-corrected chi connectivity index (χ0v) is 10.2. The minimum Gasteiger partial charge on any atom is -0.240 e. The van der Waals surface area contributed by atoms with E-state index in [0.717, 1.165) is 10.5 Å². The van der Waals surface area contributed by atoms with Crippen LogP contribution in [0.15, 0.2) is 36.4 Å². The van der Waals surface area contributed by atoms with Crippen molar-refractivity contribution in [2.45, 2.75) is 12.8 Å². The van der Waals surface area contributed by atoms with Crippen molar-refractivity contribution in [2.24, 2.45) is 0 Å². The van der Waals surface area contributed by atoms with Crippen molar-refractivity contribution in [1.29, 1.82) is 5.26 Å². The molecular weight excluding hydrogens is 228 g/mol. The Labute approximate surface area is 103 Å². The Balaban J connectivity index is 2.36. The predicted octanol–water partition coefficient (Wildman–Crippen LogP) is 4.08. The molecule has 0 saturated heterocycles. The molecule has 82 valence electrons. The zero-order valence-electron chi connectivity index (χ0n) is 9.34. The molecular formula is C14H10N2S. The van der Waals surface area contributed by atoms with Gasteiger partial charge in [0.25, 0.3) is 0 Å². The third-order valence-electron chi connectivity index (χ3n) is 2.86. The highest BCUT2D eigenvalue weighted by Crippen LogP contribution is 2.32. The molecule has 3 aromatic rings. The van der Waals surface area contributed by atoms with E-state index in [1.807, 2.05) is 25.1 Å². The first-order valence-corrected chi connectivity index (χ1v) is 6.29. The Hall–Kier alpha value is -1.92. The molecule has 0 aliphatic rings. The highest BCUT2D eigenvalue weighted by atomic mass is 32.1. The summed E-state index contributed by atoms with van der Waals surface area (Å²) in [5.41, 5.74) is 0.991. The maximum Gasteiger partial charge on any atom is 0.111 e. The first kappa shape index (κ1) is 10.2. The van der Waals surface area contributed by atoms with Gasteiger partial charge in [-0.05, 0) is 18.4 Å². The highest BCUT2D eigenvalue weighted by molar-refractivity contribution is 7.19. The molecule has 17 heavy (non-hydrogen) atoms. The van der Waals surface area contributed by atoms with E-state index in [0.29, 0.717) is 0 Å². The molecule has 0 aliphatic heterocycles. The third kappa shape index (κ3) is 1.58. The van der Waals surface area contributed by atoms with Crippen LogP contribution in [0, 0.1) is 11.3 Å². The van der Waals surface area contributed by atoms with Crippen molar-refractivity contribution < 1.29 is 0 Å². The molecule has 0 radical (unpaired) electrons. The number of hydrogen-bond acceptors (Lipinski definition) is 3. The predicted molar refractivity (Wildman–Crippen MR) is 71.2 cm³/mol. The highest BCUT2D eigenvalue weighted by Gasteiger charge is 2.12. The SMILES string of the molecule is CC(C#N)c1nc2ccc3ccccc3c2s1. The molecule has 0 spiro atoms. The molecule has 0 saturated carbocycles. The largest absolute Gasteiger partial charge is 0.240 e. The number of benzene rings is 2. The number of nitrogens with zero attached hydrogens (tertiary/aromatic N) is 2. The number of aromatic nitrogens is 1. The molecule has 1 aromatic heterocycles. The van der Waals surface area contributed by atoms with Gasteiger partial charge in [0.1, 0.15) is 5.01 Å². The van der Waals surface area contributed by atoms with Gasteiger partial charge in [-0.2, -0.15) is 5.26 Å². The summed E-state index contributed by atoms with van der Waals surface area (Å²) in [6, 6.07) is 14.6. The van der Waals surface area contributed by atoms with Crippen LogP contribution in [0.3, 0.4) is 0 Å². The lowest BCUT2D eigenvalue weighted by molar-refractivity contribution is 0.966. The summed E-state index contributed by atoms with van der Waals surface area (Å²) in [6.07, 6.45) is 0. The number of hydrogen-bond donors (Lipinski definition) is 0. The van der Waals surface area contributed by atoms with E-state index >= 15 is 0 Å². The topological polar surface area (TPSA) is 36.7 Å². The first-order chi connectivity index (χ1) is 8.29. The summed E-state index contributed by atoms with van der Waals surface area (Å²) in [4.78, 5) is 4.53. The average molecular weight is 238 g/mol. The maximum absolute atomic E-state index is 8.94. The van der Waals surface area contributed by atoms with Crippen molar-refractivity contribution in [3.05, 3.63) is 41.4 Å². The second-order valence-electron chi connectivity index (χ2n) is 4.04.